The Hall–Kier alpha value is -1.99. The summed E-state index contributed by atoms with van der Waals surface area (Å²) in [6, 6.07) is 5.14. The molecule has 0 atom stereocenters. The molecule has 1 aliphatic rings. The lowest BCUT2D eigenvalue weighted by atomic mass is 10.1. The maximum atomic E-state index is 12.8. The molecule has 2 aromatic rings. The van der Waals surface area contributed by atoms with Gasteiger partial charge in [0.2, 0.25) is 0 Å². The Morgan fingerprint density at radius 3 is 3.00 bits per heavy atom. The maximum Gasteiger partial charge on any atom is 0.256 e. The number of hydrogen-bond acceptors (Lipinski definition) is 5. The van der Waals surface area contributed by atoms with E-state index in [0.29, 0.717) is 22.8 Å². The van der Waals surface area contributed by atoms with Crippen LogP contribution in [0.5, 0.6) is 0 Å². The van der Waals surface area contributed by atoms with Crippen LogP contribution >= 0.6 is 11.6 Å². The first-order chi connectivity index (χ1) is 10.3. The van der Waals surface area contributed by atoms with Crippen molar-refractivity contribution in [2.75, 3.05) is 26.2 Å². The molecule has 1 aromatic heterocycles. The SMILES string of the molecule is O=C(c1cc(Cl)ccc1-n1cnnn1)N1CCCNCC1. The lowest BCUT2D eigenvalue weighted by Crippen LogP contribution is -2.34. The first-order valence-corrected chi connectivity index (χ1v) is 7.16. The van der Waals surface area contributed by atoms with Crippen molar-refractivity contribution >= 4 is 17.5 Å². The number of nitrogens with one attached hydrogen (secondary N) is 1. The normalized spacial score (nSPS) is 15.8. The topological polar surface area (TPSA) is 75.9 Å². The minimum absolute atomic E-state index is 0.0494. The Balaban J connectivity index is 1.96. The van der Waals surface area contributed by atoms with Gasteiger partial charge in [0.15, 0.2) is 0 Å². The number of carbonyl (C=O) groups is 1. The molecule has 0 spiro atoms. The second-order valence-corrected chi connectivity index (χ2v) is 5.25. The van der Waals surface area contributed by atoms with Crippen molar-refractivity contribution in [3.05, 3.63) is 35.1 Å². The van der Waals surface area contributed by atoms with Crippen LogP contribution in [0.1, 0.15) is 16.8 Å². The molecular weight excluding hydrogens is 292 g/mol. The van der Waals surface area contributed by atoms with E-state index in [9.17, 15) is 4.79 Å². The van der Waals surface area contributed by atoms with E-state index in [0.717, 1.165) is 26.1 Å². The van der Waals surface area contributed by atoms with E-state index in [1.54, 1.807) is 18.2 Å². The minimum atomic E-state index is -0.0494. The van der Waals surface area contributed by atoms with Crippen LogP contribution in [-0.2, 0) is 0 Å². The highest BCUT2D eigenvalue weighted by molar-refractivity contribution is 6.31. The molecule has 0 radical (unpaired) electrons. The third-order valence-corrected chi connectivity index (χ3v) is 3.65. The largest absolute Gasteiger partial charge is 0.337 e. The summed E-state index contributed by atoms with van der Waals surface area (Å²) in [6.07, 6.45) is 2.40. The zero-order valence-electron chi connectivity index (χ0n) is 11.4. The van der Waals surface area contributed by atoms with E-state index < -0.39 is 0 Å². The monoisotopic (exact) mass is 306 g/mol. The molecule has 1 amide bonds. The van der Waals surface area contributed by atoms with Crippen molar-refractivity contribution in [3.63, 3.8) is 0 Å². The quantitative estimate of drug-likeness (QED) is 0.886. The number of aromatic nitrogens is 4. The van der Waals surface area contributed by atoms with Gasteiger partial charge in [-0.1, -0.05) is 11.6 Å². The summed E-state index contributed by atoms with van der Waals surface area (Å²) in [7, 11) is 0. The van der Waals surface area contributed by atoms with E-state index in [-0.39, 0.29) is 5.91 Å². The van der Waals surface area contributed by atoms with Gasteiger partial charge in [-0.3, -0.25) is 4.79 Å². The fraction of sp³-hybridized carbons (Fsp3) is 0.385. The molecule has 1 saturated heterocycles. The third-order valence-electron chi connectivity index (χ3n) is 3.41. The molecule has 0 unspecified atom stereocenters. The van der Waals surface area contributed by atoms with Crippen LogP contribution < -0.4 is 5.32 Å². The molecule has 7 nitrogen and oxygen atoms in total. The standard InChI is InChI=1S/C13H15ClN6O/c14-10-2-3-12(20-9-16-17-18-20)11(8-10)13(21)19-6-1-4-15-5-7-19/h2-3,8-9,15H,1,4-7H2. The minimum Gasteiger partial charge on any atom is -0.337 e. The Morgan fingerprint density at radius 1 is 1.29 bits per heavy atom. The molecule has 8 heteroatoms. The lowest BCUT2D eigenvalue weighted by molar-refractivity contribution is 0.0766. The number of halogens is 1. The van der Waals surface area contributed by atoms with Gasteiger partial charge in [0.25, 0.3) is 5.91 Å². The second kappa shape index (κ2) is 6.19. The van der Waals surface area contributed by atoms with Crippen LogP contribution in [0, 0.1) is 0 Å². The van der Waals surface area contributed by atoms with E-state index >= 15 is 0 Å². The highest BCUT2D eigenvalue weighted by Crippen LogP contribution is 2.21. The van der Waals surface area contributed by atoms with Crippen molar-refractivity contribution in [3.8, 4) is 5.69 Å². The van der Waals surface area contributed by atoms with Crippen LogP contribution in [0.2, 0.25) is 5.02 Å². The second-order valence-electron chi connectivity index (χ2n) is 4.81. The van der Waals surface area contributed by atoms with Gasteiger partial charge in [-0.05, 0) is 41.6 Å². The number of nitrogens with zero attached hydrogens (tertiary/aromatic N) is 5. The summed E-state index contributed by atoms with van der Waals surface area (Å²) in [5.41, 5.74) is 1.14. The number of hydrogen-bond donors (Lipinski definition) is 1. The van der Waals surface area contributed by atoms with Crippen LogP contribution in [0.25, 0.3) is 5.69 Å². The Morgan fingerprint density at radius 2 is 2.19 bits per heavy atom. The zero-order valence-corrected chi connectivity index (χ0v) is 12.1. The molecule has 1 fully saturated rings. The lowest BCUT2D eigenvalue weighted by Gasteiger charge is -2.21. The van der Waals surface area contributed by atoms with Crippen LogP contribution in [0.3, 0.4) is 0 Å². The fourth-order valence-electron chi connectivity index (χ4n) is 2.37. The smallest absolute Gasteiger partial charge is 0.256 e. The maximum absolute atomic E-state index is 12.8. The molecule has 21 heavy (non-hydrogen) atoms. The first kappa shape index (κ1) is 14.0. The third kappa shape index (κ3) is 3.03. The molecule has 1 N–H and O–H groups in total. The highest BCUT2D eigenvalue weighted by atomic mass is 35.5. The Bertz CT molecular complexity index is 622. The van der Waals surface area contributed by atoms with Crippen molar-refractivity contribution in [1.82, 2.24) is 30.4 Å². The average molecular weight is 307 g/mol. The molecule has 110 valence electrons. The fourth-order valence-corrected chi connectivity index (χ4v) is 2.54. The number of amides is 1. The average Bonchev–Trinajstić information content (AvgIpc) is 2.88. The van der Waals surface area contributed by atoms with Gasteiger partial charge >= 0.3 is 0 Å². The summed E-state index contributed by atoms with van der Waals surface area (Å²) >= 11 is 6.05. The molecule has 1 aliphatic heterocycles. The molecule has 1 aromatic carbocycles. The predicted octanol–water partition coefficient (Wildman–Crippen LogP) is 0.751. The van der Waals surface area contributed by atoms with Crippen molar-refractivity contribution in [2.45, 2.75) is 6.42 Å². The Kier molecular flexibility index (Phi) is 4.12. The number of tetrazole rings is 1. The molecule has 3 rings (SSSR count). The summed E-state index contributed by atoms with van der Waals surface area (Å²) in [5, 5.41) is 14.9. The summed E-state index contributed by atoms with van der Waals surface area (Å²) in [5.74, 6) is -0.0494. The van der Waals surface area contributed by atoms with Crippen LogP contribution in [-0.4, -0.2) is 57.2 Å². The Labute approximate surface area is 126 Å². The number of benzene rings is 1. The molecule has 0 saturated carbocycles. The van der Waals surface area contributed by atoms with Crippen molar-refractivity contribution in [2.24, 2.45) is 0 Å². The van der Waals surface area contributed by atoms with Crippen molar-refractivity contribution in [1.29, 1.82) is 0 Å². The van der Waals surface area contributed by atoms with Gasteiger partial charge in [-0.25, -0.2) is 0 Å². The van der Waals surface area contributed by atoms with Gasteiger partial charge in [-0.2, -0.15) is 4.68 Å². The van der Waals surface area contributed by atoms with Gasteiger partial charge in [-0.15, -0.1) is 5.10 Å². The van der Waals surface area contributed by atoms with Gasteiger partial charge in [0.05, 0.1) is 11.3 Å². The molecule has 2 heterocycles. The van der Waals surface area contributed by atoms with Crippen LogP contribution in [0.15, 0.2) is 24.5 Å². The van der Waals surface area contributed by atoms with E-state index in [1.165, 1.54) is 11.0 Å². The summed E-state index contributed by atoms with van der Waals surface area (Å²) < 4.78 is 1.47. The zero-order chi connectivity index (χ0) is 14.7. The van der Waals surface area contributed by atoms with Crippen molar-refractivity contribution < 1.29 is 4.79 Å². The highest BCUT2D eigenvalue weighted by Gasteiger charge is 2.21. The van der Waals surface area contributed by atoms with Crippen LogP contribution in [0.4, 0.5) is 0 Å². The molecule has 0 aliphatic carbocycles. The van der Waals surface area contributed by atoms with Gasteiger partial charge < -0.3 is 10.2 Å². The van der Waals surface area contributed by atoms with E-state index in [1.807, 2.05) is 4.90 Å². The first-order valence-electron chi connectivity index (χ1n) is 6.78. The van der Waals surface area contributed by atoms with Gasteiger partial charge in [0, 0.05) is 24.7 Å². The van der Waals surface area contributed by atoms with Gasteiger partial charge in [0.1, 0.15) is 6.33 Å². The summed E-state index contributed by atoms with van der Waals surface area (Å²) in [4.78, 5) is 14.6. The number of rotatable bonds is 2. The predicted molar refractivity (Wildman–Crippen MR) is 77.6 cm³/mol. The van der Waals surface area contributed by atoms with E-state index in [4.69, 9.17) is 11.6 Å². The molecular formula is C13H15ClN6O. The molecule has 0 bridgehead atoms. The van der Waals surface area contributed by atoms with E-state index in [2.05, 4.69) is 20.8 Å². The number of carbonyl (C=O) groups excluding carboxylic acids is 1. The summed E-state index contributed by atoms with van der Waals surface area (Å²) in [6.45, 7) is 3.14.